The Balaban J connectivity index is 4.36. The molecule has 0 saturated heterocycles. The molecular formula is C14H22O5. The molecule has 1 atom stereocenters. The molecule has 0 aliphatic heterocycles. The van der Waals surface area contributed by atoms with E-state index in [1.807, 2.05) is 13.8 Å². The molecule has 5 nitrogen and oxygen atoms in total. The number of Topliss-reactive ketones (excluding diaryl/α,β-unsaturated/α-hetero) is 1. The van der Waals surface area contributed by atoms with Crippen molar-refractivity contribution in [3.05, 3.63) is 12.2 Å². The van der Waals surface area contributed by atoms with Gasteiger partial charge in [-0.15, -0.1) is 0 Å². The van der Waals surface area contributed by atoms with Gasteiger partial charge in [0, 0.05) is 12.3 Å². The van der Waals surface area contributed by atoms with Gasteiger partial charge in [-0.05, 0) is 12.8 Å². The molecule has 0 radical (unpaired) electrons. The van der Waals surface area contributed by atoms with E-state index in [0.29, 0.717) is 12.8 Å². The fourth-order valence-corrected chi connectivity index (χ4v) is 1.59. The van der Waals surface area contributed by atoms with E-state index in [1.54, 1.807) is 12.2 Å². The van der Waals surface area contributed by atoms with Gasteiger partial charge >= 0.3 is 11.9 Å². The van der Waals surface area contributed by atoms with Crippen LogP contribution in [-0.2, 0) is 23.9 Å². The largest absolute Gasteiger partial charge is 0.468 e. The van der Waals surface area contributed by atoms with Crippen molar-refractivity contribution in [3.63, 3.8) is 0 Å². The highest BCUT2D eigenvalue weighted by molar-refractivity contribution is 5.94. The van der Waals surface area contributed by atoms with Crippen LogP contribution in [0.5, 0.6) is 0 Å². The monoisotopic (exact) mass is 270 g/mol. The van der Waals surface area contributed by atoms with Gasteiger partial charge in [-0.1, -0.05) is 26.0 Å². The zero-order valence-electron chi connectivity index (χ0n) is 12.0. The van der Waals surface area contributed by atoms with E-state index in [4.69, 9.17) is 0 Å². The van der Waals surface area contributed by atoms with Crippen LogP contribution in [0.1, 0.15) is 33.1 Å². The van der Waals surface area contributed by atoms with Crippen molar-refractivity contribution in [1.82, 2.24) is 0 Å². The SMILES string of the molecule is CCC(=O)C(C)C/C=C/CC(C(=O)OC)C(=O)OC. The second kappa shape index (κ2) is 9.30. The van der Waals surface area contributed by atoms with Gasteiger partial charge in [-0.2, -0.15) is 0 Å². The van der Waals surface area contributed by atoms with Crippen LogP contribution in [-0.4, -0.2) is 31.9 Å². The van der Waals surface area contributed by atoms with Crippen LogP contribution in [0.25, 0.3) is 0 Å². The number of methoxy groups -OCH3 is 2. The number of carbonyl (C=O) groups is 3. The van der Waals surface area contributed by atoms with Crippen molar-refractivity contribution < 1.29 is 23.9 Å². The first kappa shape index (κ1) is 17.4. The summed E-state index contributed by atoms with van der Waals surface area (Å²) in [5.41, 5.74) is 0. The summed E-state index contributed by atoms with van der Waals surface area (Å²) in [7, 11) is 2.45. The minimum Gasteiger partial charge on any atom is -0.468 e. The fraction of sp³-hybridized carbons (Fsp3) is 0.643. The normalized spacial score (nSPS) is 12.5. The number of hydrogen-bond donors (Lipinski definition) is 0. The Labute approximate surface area is 114 Å². The number of ketones is 1. The molecule has 0 spiro atoms. The third-order valence-electron chi connectivity index (χ3n) is 2.90. The molecule has 0 bridgehead atoms. The molecule has 0 N–H and O–H groups in total. The summed E-state index contributed by atoms with van der Waals surface area (Å²) < 4.78 is 9.08. The Bertz CT molecular complexity index is 330. The van der Waals surface area contributed by atoms with Gasteiger partial charge in [0.2, 0.25) is 0 Å². The molecular weight excluding hydrogens is 248 g/mol. The maximum Gasteiger partial charge on any atom is 0.320 e. The lowest BCUT2D eigenvalue weighted by Gasteiger charge is -2.10. The van der Waals surface area contributed by atoms with Crippen molar-refractivity contribution in [2.24, 2.45) is 11.8 Å². The van der Waals surface area contributed by atoms with Gasteiger partial charge in [0.15, 0.2) is 5.92 Å². The average molecular weight is 270 g/mol. The Morgan fingerprint density at radius 2 is 1.47 bits per heavy atom. The smallest absolute Gasteiger partial charge is 0.320 e. The van der Waals surface area contributed by atoms with Crippen molar-refractivity contribution in [1.29, 1.82) is 0 Å². The summed E-state index contributed by atoms with van der Waals surface area (Å²) in [6.45, 7) is 3.68. The fourth-order valence-electron chi connectivity index (χ4n) is 1.59. The molecule has 0 aliphatic carbocycles. The maximum absolute atomic E-state index is 11.4. The molecule has 1 unspecified atom stereocenters. The minimum absolute atomic E-state index is 0.0454. The summed E-state index contributed by atoms with van der Waals surface area (Å²) in [5, 5.41) is 0. The van der Waals surface area contributed by atoms with Crippen LogP contribution < -0.4 is 0 Å². The predicted molar refractivity (Wildman–Crippen MR) is 70.4 cm³/mol. The number of carbonyl (C=O) groups excluding carboxylic acids is 3. The molecule has 0 aromatic carbocycles. The highest BCUT2D eigenvalue weighted by Gasteiger charge is 2.27. The van der Waals surface area contributed by atoms with Gasteiger partial charge < -0.3 is 9.47 Å². The van der Waals surface area contributed by atoms with Crippen LogP contribution in [0, 0.1) is 11.8 Å². The molecule has 108 valence electrons. The summed E-state index contributed by atoms with van der Waals surface area (Å²) in [6.07, 6.45) is 4.84. The Kier molecular flexibility index (Phi) is 8.49. The van der Waals surface area contributed by atoms with E-state index in [1.165, 1.54) is 14.2 Å². The van der Waals surface area contributed by atoms with Gasteiger partial charge in [-0.25, -0.2) is 0 Å². The molecule has 0 saturated carbocycles. The Morgan fingerprint density at radius 1 is 1.00 bits per heavy atom. The van der Waals surface area contributed by atoms with Crippen LogP contribution in [0.3, 0.4) is 0 Å². The quantitative estimate of drug-likeness (QED) is 0.383. The molecule has 5 heteroatoms. The number of hydrogen-bond acceptors (Lipinski definition) is 5. The third kappa shape index (κ3) is 6.18. The van der Waals surface area contributed by atoms with Crippen molar-refractivity contribution >= 4 is 17.7 Å². The summed E-state index contributed by atoms with van der Waals surface area (Å²) in [5.74, 6) is -2.02. The molecule has 0 amide bonds. The average Bonchev–Trinajstić information content (AvgIpc) is 2.44. The lowest BCUT2D eigenvalue weighted by molar-refractivity contribution is -0.158. The molecule has 0 aliphatic rings. The topological polar surface area (TPSA) is 69.7 Å². The summed E-state index contributed by atoms with van der Waals surface area (Å²) >= 11 is 0. The lowest BCUT2D eigenvalue weighted by atomic mass is 9.99. The van der Waals surface area contributed by atoms with Gasteiger partial charge in [0.05, 0.1) is 14.2 Å². The second-order valence-corrected chi connectivity index (χ2v) is 4.26. The predicted octanol–water partition coefficient (Wildman–Crippen LogP) is 1.90. The highest BCUT2D eigenvalue weighted by atomic mass is 16.5. The van der Waals surface area contributed by atoms with Gasteiger partial charge in [0.25, 0.3) is 0 Å². The van der Waals surface area contributed by atoms with E-state index in [0.717, 1.165) is 0 Å². The Hall–Kier alpha value is -1.65. The van der Waals surface area contributed by atoms with E-state index in [-0.39, 0.29) is 18.1 Å². The molecule has 0 aromatic heterocycles. The second-order valence-electron chi connectivity index (χ2n) is 4.26. The van der Waals surface area contributed by atoms with Crippen LogP contribution in [0.4, 0.5) is 0 Å². The molecule has 0 heterocycles. The number of allylic oxidation sites excluding steroid dienone is 2. The number of rotatable bonds is 8. The zero-order chi connectivity index (χ0) is 14.8. The maximum atomic E-state index is 11.4. The Morgan fingerprint density at radius 3 is 1.89 bits per heavy atom. The van der Waals surface area contributed by atoms with Crippen molar-refractivity contribution in [3.8, 4) is 0 Å². The molecule has 0 aromatic rings. The van der Waals surface area contributed by atoms with Crippen LogP contribution >= 0.6 is 0 Å². The lowest BCUT2D eigenvalue weighted by Crippen LogP contribution is -2.25. The first-order chi connectivity index (χ1) is 8.97. The van der Waals surface area contributed by atoms with Gasteiger partial charge in [-0.3, -0.25) is 14.4 Å². The van der Waals surface area contributed by atoms with Gasteiger partial charge in [0.1, 0.15) is 5.78 Å². The van der Waals surface area contributed by atoms with E-state index < -0.39 is 17.9 Å². The highest BCUT2D eigenvalue weighted by Crippen LogP contribution is 2.11. The number of ether oxygens (including phenoxy) is 2. The van der Waals surface area contributed by atoms with E-state index >= 15 is 0 Å². The minimum atomic E-state index is -0.941. The molecule has 0 fully saturated rings. The van der Waals surface area contributed by atoms with Crippen LogP contribution in [0.15, 0.2) is 12.2 Å². The van der Waals surface area contributed by atoms with Crippen LogP contribution in [0.2, 0.25) is 0 Å². The number of esters is 2. The summed E-state index contributed by atoms with van der Waals surface area (Å²) in [6, 6.07) is 0. The summed E-state index contributed by atoms with van der Waals surface area (Å²) in [4.78, 5) is 34.1. The first-order valence-corrected chi connectivity index (χ1v) is 6.31. The van der Waals surface area contributed by atoms with E-state index in [9.17, 15) is 14.4 Å². The zero-order valence-corrected chi connectivity index (χ0v) is 12.0. The molecule has 0 rings (SSSR count). The molecule has 19 heavy (non-hydrogen) atoms. The third-order valence-corrected chi connectivity index (χ3v) is 2.90. The van der Waals surface area contributed by atoms with Crippen molar-refractivity contribution in [2.45, 2.75) is 33.1 Å². The standard InChI is InChI=1S/C14H22O5/c1-5-12(15)10(2)8-6-7-9-11(13(16)18-3)14(17)19-4/h6-7,10-11H,5,8-9H2,1-4H3/b7-6+. The van der Waals surface area contributed by atoms with E-state index in [2.05, 4.69) is 9.47 Å². The first-order valence-electron chi connectivity index (χ1n) is 6.31. The van der Waals surface area contributed by atoms with Crippen molar-refractivity contribution in [2.75, 3.05) is 14.2 Å².